The summed E-state index contributed by atoms with van der Waals surface area (Å²) < 4.78 is 37.6. The summed E-state index contributed by atoms with van der Waals surface area (Å²) in [5.74, 6) is -2.60. The van der Waals surface area contributed by atoms with E-state index in [1.54, 1.807) is 30.3 Å². The molecular weight excluding hydrogens is 440 g/mol. The Bertz CT molecular complexity index is 1100. The third-order valence-corrected chi connectivity index (χ3v) is 7.43. The van der Waals surface area contributed by atoms with Crippen LogP contribution in [-0.4, -0.2) is 56.4 Å². The molecule has 0 N–H and O–H groups in total. The van der Waals surface area contributed by atoms with Crippen LogP contribution < -0.4 is 0 Å². The van der Waals surface area contributed by atoms with Crippen molar-refractivity contribution in [1.29, 1.82) is 0 Å². The number of esters is 2. The Morgan fingerprint density at radius 3 is 2.22 bits per heavy atom. The summed E-state index contributed by atoms with van der Waals surface area (Å²) in [6.45, 7) is -0.0786. The average Bonchev–Trinajstić information content (AvgIpc) is 3.18. The van der Waals surface area contributed by atoms with E-state index in [1.807, 2.05) is 0 Å². The quantitative estimate of drug-likeness (QED) is 0.347. The van der Waals surface area contributed by atoms with E-state index in [-0.39, 0.29) is 23.5 Å². The van der Waals surface area contributed by atoms with E-state index < -0.39 is 44.8 Å². The molecule has 2 aromatic carbocycles. The minimum absolute atomic E-state index is 0.0786. The molecule has 1 fully saturated rings. The number of non-ortho nitro benzene ring substituents is 1. The second kappa shape index (κ2) is 9.45. The van der Waals surface area contributed by atoms with Gasteiger partial charge in [-0.25, -0.2) is 8.42 Å². The first-order valence-electron chi connectivity index (χ1n) is 9.66. The summed E-state index contributed by atoms with van der Waals surface area (Å²) in [5.41, 5.74) is 0.498. The number of carbonyl (C=O) groups is 2. The maximum absolute atomic E-state index is 13.5. The molecule has 32 heavy (non-hydrogen) atoms. The summed E-state index contributed by atoms with van der Waals surface area (Å²) in [7, 11) is -1.89. The molecule has 2 aromatic rings. The molecule has 1 heterocycles. The van der Waals surface area contributed by atoms with E-state index in [1.165, 1.54) is 7.11 Å². The minimum Gasteiger partial charge on any atom is -0.469 e. The highest BCUT2D eigenvalue weighted by Crippen LogP contribution is 2.42. The van der Waals surface area contributed by atoms with Crippen molar-refractivity contribution in [2.45, 2.75) is 23.3 Å². The molecule has 1 saturated heterocycles. The van der Waals surface area contributed by atoms with Crippen LogP contribution in [0, 0.1) is 16.0 Å². The third-order valence-electron chi connectivity index (χ3n) is 5.56. The van der Waals surface area contributed by atoms with Crippen molar-refractivity contribution in [2.75, 3.05) is 20.8 Å². The number of nitro groups is 1. The normalized spacial score (nSPS) is 21.1. The minimum atomic E-state index is -4.24. The van der Waals surface area contributed by atoms with Crippen LogP contribution in [-0.2, 0) is 29.1 Å². The van der Waals surface area contributed by atoms with Crippen molar-refractivity contribution < 1.29 is 32.4 Å². The number of hydrogen-bond acceptors (Lipinski definition) is 8. The van der Waals surface area contributed by atoms with Gasteiger partial charge in [0, 0.05) is 30.5 Å². The maximum atomic E-state index is 13.5. The predicted molar refractivity (Wildman–Crippen MR) is 112 cm³/mol. The van der Waals surface area contributed by atoms with Crippen LogP contribution in [0.5, 0.6) is 0 Å². The van der Waals surface area contributed by atoms with Crippen LogP contribution in [0.3, 0.4) is 0 Å². The fourth-order valence-electron chi connectivity index (χ4n) is 3.99. The average molecular weight is 462 g/mol. The van der Waals surface area contributed by atoms with Crippen LogP contribution in [0.25, 0.3) is 0 Å². The van der Waals surface area contributed by atoms with Gasteiger partial charge >= 0.3 is 11.9 Å². The first-order chi connectivity index (χ1) is 15.2. The maximum Gasteiger partial charge on any atom is 0.324 e. The Kier molecular flexibility index (Phi) is 6.90. The van der Waals surface area contributed by atoms with E-state index in [0.717, 1.165) is 41.2 Å². The van der Waals surface area contributed by atoms with Gasteiger partial charge in [0.05, 0.1) is 30.5 Å². The van der Waals surface area contributed by atoms with Crippen LogP contribution in [0.1, 0.15) is 17.9 Å². The van der Waals surface area contributed by atoms with E-state index in [9.17, 15) is 28.1 Å². The van der Waals surface area contributed by atoms with Gasteiger partial charge in [-0.2, -0.15) is 4.31 Å². The Labute approximate surface area is 184 Å². The lowest BCUT2D eigenvalue weighted by Crippen LogP contribution is -2.44. The Morgan fingerprint density at radius 2 is 1.69 bits per heavy atom. The lowest BCUT2D eigenvalue weighted by Gasteiger charge is -2.25. The summed E-state index contributed by atoms with van der Waals surface area (Å²) >= 11 is 0. The fourth-order valence-corrected chi connectivity index (χ4v) is 5.64. The number of nitro benzene ring substituents is 1. The van der Waals surface area contributed by atoms with Crippen molar-refractivity contribution >= 4 is 27.6 Å². The molecular formula is C21H22N2O8S. The van der Waals surface area contributed by atoms with Crippen molar-refractivity contribution in [3.8, 4) is 0 Å². The van der Waals surface area contributed by atoms with Gasteiger partial charge in [-0.1, -0.05) is 30.3 Å². The summed E-state index contributed by atoms with van der Waals surface area (Å²) in [6, 6.07) is 12.1. The number of methoxy groups -OCH3 is 2. The van der Waals surface area contributed by atoms with Crippen LogP contribution >= 0.6 is 0 Å². The topological polar surface area (TPSA) is 133 Å². The van der Waals surface area contributed by atoms with Crippen LogP contribution in [0.15, 0.2) is 59.5 Å². The number of benzene rings is 2. The molecule has 11 heteroatoms. The molecule has 0 amide bonds. The number of ether oxygens (including phenoxy) is 2. The van der Waals surface area contributed by atoms with Crippen LogP contribution in [0.4, 0.5) is 5.69 Å². The SMILES string of the molecule is COC(=O)C[C@H]1[C@@H](c2ccccc2)CN(S(=O)(=O)c2ccc([N+](=O)[O-])cc2)[C@H]1C(=O)OC. The molecule has 0 bridgehead atoms. The number of carbonyl (C=O) groups excluding carboxylic acids is 2. The number of hydrogen-bond donors (Lipinski definition) is 0. The van der Waals surface area contributed by atoms with Gasteiger partial charge in [0.25, 0.3) is 5.69 Å². The van der Waals surface area contributed by atoms with E-state index >= 15 is 0 Å². The van der Waals surface area contributed by atoms with Crippen molar-refractivity contribution in [1.82, 2.24) is 4.31 Å². The first-order valence-corrected chi connectivity index (χ1v) is 11.1. The Morgan fingerprint density at radius 1 is 1.06 bits per heavy atom. The number of rotatable bonds is 7. The van der Waals surface area contributed by atoms with Gasteiger partial charge < -0.3 is 9.47 Å². The zero-order valence-corrected chi connectivity index (χ0v) is 18.2. The molecule has 10 nitrogen and oxygen atoms in total. The molecule has 3 atom stereocenters. The molecule has 0 aromatic heterocycles. The molecule has 0 unspecified atom stereocenters. The number of sulfonamides is 1. The zero-order chi connectivity index (χ0) is 23.5. The molecule has 0 spiro atoms. The van der Waals surface area contributed by atoms with Crippen molar-refractivity contribution in [2.24, 2.45) is 5.92 Å². The summed E-state index contributed by atoms with van der Waals surface area (Å²) in [4.78, 5) is 34.9. The highest BCUT2D eigenvalue weighted by molar-refractivity contribution is 7.89. The molecule has 0 saturated carbocycles. The molecule has 170 valence electrons. The van der Waals surface area contributed by atoms with E-state index in [4.69, 9.17) is 9.47 Å². The monoisotopic (exact) mass is 462 g/mol. The molecule has 1 aliphatic rings. The van der Waals surface area contributed by atoms with Gasteiger partial charge in [0.1, 0.15) is 6.04 Å². The second-order valence-electron chi connectivity index (χ2n) is 7.26. The summed E-state index contributed by atoms with van der Waals surface area (Å²) in [6.07, 6.45) is -0.192. The van der Waals surface area contributed by atoms with Crippen molar-refractivity contribution in [3.63, 3.8) is 0 Å². The fraction of sp³-hybridized carbons (Fsp3) is 0.333. The molecule has 1 aliphatic heterocycles. The zero-order valence-electron chi connectivity index (χ0n) is 17.4. The molecule has 3 rings (SSSR count). The van der Waals surface area contributed by atoms with Gasteiger partial charge in [-0.3, -0.25) is 19.7 Å². The number of nitrogens with zero attached hydrogens (tertiary/aromatic N) is 2. The predicted octanol–water partition coefficient (Wildman–Crippen LogP) is 2.10. The summed E-state index contributed by atoms with van der Waals surface area (Å²) in [5, 5.41) is 10.9. The van der Waals surface area contributed by atoms with Crippen LogP contribution in [0.2, 0.25) is 0 Å². The van der Waals surface area contributed by atoms with E-state index in [2.05, 4.69) is 0 Å². The molecule has 0 radical (unpaired) electrons. The van der Waals surface area contributed by atoms with Gasteiger partial charge in [-0.05, 0) is 17.7 Å². The van der Waals surface area contributed by atoms with Crippen molar-refractivity contribution in [3.05, 3.63) is 70.3 Å². The van der Waals surface area contributed by atoms with Gasteiger partial charge in [-0.15, -0.1) is 0 Å². The second-order valence-corrected chi connectivity index (χ2v) is 9.15. The Balaban J connectivity index is 2.08. The Hall–Kier alpha value is -3.31. The largest absolute Gasteiger partial charge is 0.469 e. The van der Waals surface area contributed by atoms with E-state index in [0.29, 0.717) is 0 Å². The highest BCUT2D eigenvalue weighted by atomic mass is 32.2. The lowest BCUT2D eigenvalue weighted by atomic mass is 9.83. The first kappa shape index (κ1) is 23.4. The van der Waals surface area contributed by atoms with Gasteiger partial charge in [0.2, 0.25) is 10.0 Å². The molecule has 0 aliphatic carbocycles. The smallest absolute Gasteiger partial charge is 0.324 e. The standard InChI is InChI=1S/C21H22N2O8S/c1-30-19(24)12-17-18(14-6-4-3-5-7-14)13-22(20(17)21(25)31-2)32(28,29)16-10-8-15(9-11-16)23(26)27/h3-11,17-18,20H,12-13H2,1-2H3/t17-,18+,20+/m0/s1. The van der Waals surface area contributed by atoms with Gasteiger partial charge in [0.15, 0.2) is 0 Å². The lowest BCUT2D eigenvalue weighted by molar-refractivity contribution is -0.384. The third kappa shape index (κ3) is 4.48. The highest BCUT2D eigenvalue weighted by Gasteiger charge is 2.52.